The first-order valence-electron chi connectivity index (χ1n) is 6.07. The molecule has 0 saturated heterocycles. The van der Waals surface area contributed by atoms with Crippen LogP contribution >= 0.6 is 0 Å². The zero-order valence-electron chi connectivity index (χ0n) is 10.3. The van der Waals surface area contributed by atoms with Gasteiger partial charge in [-0.1, -0.05) is 19.3 Å². The molecule has 15 heavy (non-hydrogen) atoms. The van der Waals surface area contributed by atoms with E-state index in [0.29, 0.717) is 0 Å². The van der Waals surface area contributed by atoms with E-state index in [9.17, 15) is 0 Å². The Morgan fingerprint density at radius 2 is 1.73 bits per heavy atom. The predicted octanol–water partition coefficient (Wildman–Crippen LogP) is 2.16. The average molecular weight is 215 g/mol. The van der Waals surface area contributed by atoms with Crippen LogP contribution in [0.4, 0.5) is 0 Å². The van der Waals surface area contributed by atoms with Crippen LogP contribution < -0.4 is 5.32 Å². The Hall–Kier alpha value is -0.120. The SMILES string of the molecule is COC(OC)C(C)NCC1CCCCC1. The van der Waals surface area contributed by atoms with Crippen molar-refractivity contribution in [3.8, 4) is 0 Å². The molecule has 0 spiro atoms. The summed E-state index contributed by atoms with van der Waals surface area (Å²) in [6.07, 6.45) is 6.85. The molecule has 3 heteroatoms. The Morgan fingerprint density at radius 3 is 2.27 bits per heavy atom. The molecule has 1 aliphatic rings. The molecule has 0 aromatic carbocycles. The van der Waals surface area contributed by atoms with Gasteiger partial charge in [-0.05, 0) is 32.2 Å². The van der Waals surface area contributed by atoms with E-state index in [1.165, 1.54) is 32.1 Å². The Kier molecular flexibility index (Phi) is 6.22. The van der Waals surface area contributed by atoms with E-state index in [1.54, 1.807) is 14.2 Å². The molecular weight excluding hydrogens is 190 g/mol. The Bertz CT molecular complexity index is 154. The molecule has 1 rings (SSSR count). The van der Waals surface area contributed by atoms with Crippen LogP contribution in [0.15, 0.2) is 0 Å². The molecule has 1 fully saturated rings. The summed E-state index contributed by atoms with van der Waals surface area (Å²) in [4.78, 5) is 0. The molecule has 0 aromatic heterocycles. The summed E-state index contributed by atoms with van der Waals surface area (Å²) in [5, 5.41) is 3.50. The normalized spacial score (nSPS) is 20.8. The highest BCUT2D eigenvalue weighted by Gasteiger charge is 2.18. The highest BCUT2D eigenvalue weighted by Crippen LogP contribution is 2.22. The van der Waals surface area contributed by atoms with Crippen LogP contribution in [0.2, 0.25) is 0 Å². The van der Waals surface area contributed by atoms with Crippen molar-refractivity contribution >= 4 is 0 Å². The van der Waals surface area contributed by atoms with Gasteiger partial charge < -0.3 is 14.8 Å². The maximum Gasteiger partial charge on any atom is 0.171 e. The minimum Gasteiger partial charge on any atom is -0.354 e. The number of nitrogens with one attached hydrogen (secondary N) is 1. The van der Waals surface area contributed by atoms with Crippen LogP contribution in [0, 0.1) is 5.92 Å². The second kappa shape index (κ2) is 7.20. The van der Waals surface area contributed by atoms with E-state index < -0.39 is 0 Å². The van der Waals surface area contributed by atoms with E-state index >= 15 is 0 Å². The van der Waals surface area contributed by atoms with Gasteiger partial charge in [0.2, 0.25) is 0 Å². The van der Waals surface area contributed by atoms with Crippen molar-refractivity contribution in [3.63, 3.8) is 0 Å². The lowest BCUT2D eigenvalue weighted by molar-refractivity contribution is -0.119. The van der Waals surface area contributed by atoms with Gasteiger partial charge in [0.15, 0.2) is 6.29 Å². The van der Waals surface area contributed by atoms with Crippen LogP contribution in [0.25, 0.3) is 0 Å². The van der Waals surface area contributed by atoms with Gasteiger partial charge in [0.25, 0.3) is 0 Å². The molecule has 0 aromatic rings. The molecule has 3 nitrogen and oxygen atoms in total. The van der Waals surface area contributed by atoms with Crippen LogP contribution in [0.3, 0.4) is 0 Å². The first-order chi connectivity index (χ1) is 7.27. The third kappa shape index (κ3) is 4.49. The standard InChI is InChI=1S/C12H25NO2/c1-10(12(14-2)15-3)13-9-11-7-5-4-6-8-11/h10-13H,4-9H2,1-3H3. The van der Waals surface area contributed by atoms with Gasteiger partial charge in [-0.15, -0.1) is 0 Å². The highest BCUT2D eigenvalue weighted by molar-refractivity contribution is 4.71. The van der Waals surface area contributed by atoms with Crippen molar-refractivity contribution in [1.29, 1.82) is 0 Å². The Balaban J connectivity index is 2.16. The van der Waals surface area contributed by atoms with Crippen LogP contribution in [-0.2, 0) is 9.47 Å². The van der Waals surface area contributed by atoms with E-state index in [0.717, 1.165) is 12.5 Å². The molecule has 0 radical (unpaired) electrons. The van der Waals surface area contributed by atoms with Gasteiger partial charge in [-0.2, -0.15) is 0 Å². The molecule has 1 aliphatic carbocycles. The fraction of sp³-hybridized carbons (Fsp3) is 1.00. The number of hydrogen-bond acceptors (Lipinski definition) is 3. The van der Waals surface area contributed by atoms with Crippen molar-refractivity contribution in [3.05, 3.63) is 0 Å². The van der Waals surface area contributed by atoms with Gasteiger partial charge in [-0.25, -0.2) is 0 Å². The second-order valence-corrected chi connectivity index (χ2v) is 4.54. The topological polar surface area (TPSA) is 30.5 Å². The van der Waals surface area contributed by atoms with Gasteiger partial charge in [0.1, 0.15) is 0 Å². The molecule has 1 unspecified atom stereocenters. The van der Waals surface area contributed by atoms with Gasteiger partial charge in [-0.3, -0.25) is 0 Å². The number of methoxy groups -OCH3 is 2. The molecule has 1 N–H and O–H groups in total. The maximum absolute atomic E-state index is 5.22. The molecule has 0 bridgehead atoms. The van der Waals surface area contributed by atoms with Gasteiger partial charge in [0.05, 0.1) is 6.04 Å². The first-order valence-corrected chi connectivity index (χ1v) is 6.07. The van der Waals surface area contributed by atoms with E-state index in [1.807, 2.05) is 0 Å². The molecule has 90 valence electrons. The van der Waals surface area contributed by atoms with Crippen LogP contribution in [0.5, 0.6) is 0 Å². The summed E-state index contributed by atoms with van der Waals surface area (Å²) >= 11 is 0. The van der Waals surface area contributed by atoms with Crippen molar-refractivity contribution in [1.82, 2.24) is 5.32 Å². The van der Waals surface area contributed by atoms with Crippen LogP contribution in [0.1, 0.15) is 39.0 Å². The summed E-state index contributed by atoms with van der Waals surface area (Å²) < 4.78 is 10.4. The van der Waals surface area contributed by atoms with E-state index in [2.05, 4.69) is 12.2 Å². The smallest absolute Gasteiger partial charge is 0.171 e. The van der Waals surface area contributed by atoms with Crippen molar-refractivity contribution in [2.45, 2.75) is 51.4 Å². The molecule has 0 amide bonds. The fourth-order valence-corrected chi connectivity index (χ4v) is 2.34. The average Bonchev–Trinajstić information content (AvgIpc) is 2.29. The zero-order valence-corrected chi connectivity index (χ0v) is 10.3. The third-order valence-corrected chi connectivity index (χ3v) is 3.33. The van der Waals surface area contributed by atoms with Crippen molar-refractivity contribution in [2.75, 3.05) is 20.8 Å². The second-order valence-electron chi connectivity index (χ2n) is 4.54. The lowest BCUT2D eigenvalue weighted by Gasteiger charge is -2.27. The molecule has 1 atom stereocenters. The molecule has 0 aliphatic heterocycles. The predicted molar refractivity (Wildman–Crippen MR) is 61.8 cm³/mol. The van der Waals surface area contributed by atoms with Gasteiger partial charge in [0, 0.05) is 14.2 Å². The molecule has 0 heterocycles. The quantitative estimate of drug-likeness (QED) is 0.689. The molecular formula is C12H25NO2. The van der Waals surface area contributed by atoms with Gasteiger partial charge >= 0.3 is 0 Å². The summed E-state index contributed by atoms with van der Waals surface area (Å²) in [5.41, 5.74) is 0. The fourth-order valence-electron chi connectivity index (χ4n) is 2.34. The maximum atomic E-state index is 5.22. The minimum absolute atomic E-state index is 0.131. The van der Waals surface area contributed by atoms with Crippen molar-refractivity contribution in [2.24, 2.45) is 5.92 Å². The van der Waals surface area contributed by atoms with Crippen molar-refractivity contribution < 1.29 is 9.47 Å². The first kappa shape index (κ1) is 12.9. The lowest BCUT2D eigenvalue weighted by Crippen LogP contribution is -2.42. The monoisotopic (exact) mass is 215 g/mol. The van der Waals surface area contributed by atoms with E-state index in [-0.39, 0.29) is 12.3 Å². The molecule has 1 saturated carbocycles. The Morgan fingerprint density at radius 1 is 1.13 bits per heavy atom. The third-order valence-electron chi connectivity index (χ3n) is 3.33. The summed E-state index contributed by atoms with van der Waals surface area (Å²) in [5.74, 6) is 0.857. The number of rotatable bonds is 6. The lowest BCUT2D eigenvalue weighted by atomic mass is 9.89. The summed E-state index contributed by atoms with van der Waals surface area (Å²) in [6.45, 7) is 3.21. The van der Waals surface area contributed by atoms with Crippen LogP contribution in [-0.4, -0.2) is 33.1 Å². The largest absolute Gasteiger partial charge is 0.354 e. The number of hydrogen-bond donors (Lipinski definition) is 1. The summed E-state index contributed by atoms with van der Waals surface area (Å²) in [6, 6.07) is 0.266. The minimum atomic E-state index is -0.131. The van der Waals surface area contributed by atoms with E-state index in [4.69, 9.17) is 9.47 Å². The Labute approximate surface area is 93.5 Å². The number of ether oxygens (including phenoxy) is 2. The highest BCUT2D eigenvalue weighted by atomic mass is 16.7. The summed E-state index contributed by atoms with van der Waals surface area (Å²) in [7, 11) is 3.37. The zero-order chi connectivity index (χ0) is 11.1.